The monoisotopic (exact) mass is 197 g/mol. The zero-order chi connectivity index (χ0) is 11.0. The first kappa shape index (κ1) is 12.9. The minimum Gasteiger partial charge on any atom is -0.342 e. The Labute approximate surface area is 85.9 Å². The van der Waals surface area contributed by atoms with Gasteiger partial charge in [0.25, 0.3) is 0 Å². The Balaban J connectivity index is 3.69. The zero-order valence-electron chi connectivity index (χ0n) is 9.21. The summed E-state index contributed by atoms with van der Waals surface area (Å²) in [6.07, 6.45) is 0. The molecule has 0 aromatic heterocycles. The Kier molecular flexibility index (Phi) is 6.77. The first-order valence-electron chi connectivity index (χ1n) is 5.03. The first-order valence-corrected chi connectivity index (χ1v) is 5.03. The van der Waals surface area contributed by atoms with Crippen molar-refractivity contribution in [2.24, 2.45) is 5.92 Å². The predicted molar refractivity (Wildman–Crippen MR) is 55.6 cm³/mol. The molecule has 0 fully saturated rings. The van der Waals surface area contributed by atoms with Crippen molar-refractivity contribution in [2.75, 3.05) is 26.2 Å². The maximum absolute atomic E-state index is 11.5. The van der Waals surface area contributed by atoms with Gasteiger partial charge in [0.05, 0.1) is 18.5 Å². The Bertz CT molecular complexity index is 206. The Morgan fingerprint density at radius 1 is 1.50 bits per heavy atom. The Hall–Kier alpha value is -1.08. The van der Waals surface area contributed by atoms with Crippen LogP contribution in [0.5, 0.6) is 0 Å². The molecule has 4 heteroatoms. The van der Waals surface area contributed by atoms with E-state index >= 15 is 0 Å². The molecule has 0 aromatic rings. The van der Waals surface area contributed by atoms with Gasteiger partial charge in [-0.25, -0.2) is 0 Å². The molecule has 80 valence electrons. The molecule has 1 amide bonds. The van der Waals surface area contributed by atoms with Gasteiger partial charge < -0.3 is 10.2 Å². The molecule has 0 aromatic carbocycles. The normalized spacial score (nSPS) is 11.9. The molecule has 0 spiro atoms. The second-order valence-corrected chi connectivity index (χ2v) is 3.23. The summed E-state index contributed by atoms with van der Waals surface area (Å²) in [4.78, 5) is 13.2. The van der Waals surface area contributed by atoms with Crippen molar-refractivity contribution in [3.63, 3.8) is 0 Å². The Morgan fingerprint density at radius 2 is 2.07 bits per heavy atom. The van der Waals surface area contributed by atoms with Crippen molar-refractivity contribution in [2.45, 2.75) is 20.8 Å². The molecular formula is C10H19N3O. The molecule has 1 unspecified atom stereocenters. The van der Waals surface area contributed by atoms with Crippen LogP contribution >= 0.6 is 0 Å². The molecule has 0 saturated heterocycles. The fraction of sp³-hybridized carbons (Fsp3) is 0.800. The maximum Gasteiger partial charge on any atom is 0.236 e. The van der Waals surface area contributed by atoms with Crippen LogP contribution in [0.25, 0.3) is 0 Å². The van der Waals surface area contributed by atoms with E-state index in [0.717, 1.165) is 13.1 Å². The summed E-state index contributed by atoms with van der Waals surface area (Å²) < 4.78 is 0. The van der Waals surface area contributed by atoms with Crippen molar-refractivity contribution >= 4 is 5.91 Å². The summed E-state index contributed by atoms with van der Waals surface area (Å²) in [5.41, 5.74) is 0. The van der Waals surface area contributed by atoms with Gasteiger partial charge in [-0.05, 0) is 20.8 Å². The number of hydrogen-bond donors (Lipinski definition) is 1. The van der Waals surface area contributed by atoms with Crippen LogP contribution in [0.15, 0.2) is 0 Å². The smallest absolute Gasteiger partial charge is 0.236 e. The Morgan fingerprint density at radius 3 is 2.50 bits per heavy atom. The highest BCUT2D eigenvalue weighted by molar-refractivity contribution is 5.78. The van der Waals surface area contributed by atoms with Crippen LogP contribution in [0.3, 0.4) is 0 Å². The molecule has 0 aliphatic carbocycles. The highest BCUT2D eigenvalue weighted by Crippen LogP contribution is 1.90. The molecule has 0 aliphatic heterocycles. The van der Waals surface area contributed by atoms with Gasteiger partial charge in [0.2, 0.25) is 5.91 Å². The lowest BCUT2D eigenvalue weighted by molar-refractivity contribution is -0.129. The van der Waals surface area contributed by atoms with Crippen LogP contribution in [-0.2, 0) is 4.79 Å². The number of amides is 1. The molecule has 0 rings (SSSR count). The lowest BCUT2D eigenvalue weighted by Crippen LogP contribution is -2.38. The molecule has 1 atom stereocenters. The van der Waals surface area contributed by atoms with E-state index in [1.54, 1.807) is 4.90 Å². The first-order chi connectivity index (χ1) is 6.65. The van der Waals surface area contributed by atoms with Crippen LogP contribution in [-0.4, -0.2) is 37.0 Å². The summed E-state index contributed by atoms with van der Waals surface area (Å²) in [7, 11) is 0. The molecular weight excluding hydrogens is 178 g/mol. The van der Waals surface area contributed by atoms with Crippen molar-refractivity contribution in [3.05, 3.63) is 0 Å². The van der Waals surface area contributed by atoms with E-state index < -0.39 is 0 Å². The highest BCUT2D eigenvalue weighted by atomic mass is 16.2. The van der Waals surface area contributed by atoms with Crippen LogP contribution < -0.4 is 5.32 Å². The topological polar surface area (TPSA) is 56.1 Å². The SMILES string of the molecule is CCN(CC)C(=O)CNCC(C)C#N. The highest BCUT2D eigenvalue weighted by Gasteiger charge is 2.08. The summed E-state index contributed by atoms with van der Waals surface area (Å²) in [6, 6.07) is 2.11. The van der Waals surface area contributed by atoms with Gasteiger partial charge in [0.15, 0.2) is 0 Å². The second-order valence-electron chi connectivity index (χ2n) is 3.23. The van der Waals surface area contributed by atoms with E-state index in [4.69, 9.17) is 5.26 Å². The minimum absolute atomic E-state index is 0.0421. The van der Waals surface area contributed by atoms with Gasteiger partial charge in [0, 0.05) is 19.6 Å². The minimum atomic E-state index is -0.0421. The van der Waals surface area contributed by atoms with Crippen molar-refractivity contribution < 1.29 is 4.79 Å². The van der Waals surface area contributed by atoms with E-state index in [2.05, 4.69) is 11.4 Å². The summed E-state index contributed by atoms with van der Waals surface area (Å²) >= 11 is 0. The van der Waals surface area contributed by atoms with Crippen LogP contribution in [0.2, 0.25) is 0 Å². The van der Waals surface area contributed by atoms with Gasteiger partial charge in [-0.15, -0.1) is 0 Å². The number of nitrogens with zero attached hydrogens (tertiary/aromatic N) is 2. The van der Waals surface area contributed by atoms with Crippen LogP contribution in [0.4, 0.5) is 0 Å². The quantitative estimate of drug-likeness (QED) is 0.678. The standard InChI is InChI=1S/C10H19N3O/c1-4-13(5-2)10(14)8-12-7-9(3)6-11/h9,12H,4-5,7-8H2,1-3H3. The summed E-state index contributed by atoms with van der Waals surface area (Å²) in [5.74, 6) is 0.0552. The van der Waals surface area contributed by atoms with Gasteiger partial charge >= 0.3 is 0 Å². The lowest BCUT2D eigenvalue weighted by atomic mass is 10.2. The van der Waals surface area contributed by atoms with Crippen molar-refractivity contribution in [1.29, 1.82) is 5.26 Å². The molecule has 0 saturated carbocycles. The fourth-order valence-corrected chi connectivity index (χ4v) is 1.13. The number of likely N-dealkylation sites (N-methyl/N-ethyl adjacent to an activating group) is 1. The van der Waals surface area contributed by atoms with Gasteiger partial charge in [-0.2, -0.15) is 5.26 Å². The second kappa shape index (κ2) is 7.34. The third kappa shape index (κ3) is 4.83. The van der Waals surface area contributed by atoms with Crippen molar-refractivity contribution in [1.82, 2.24) is 10.2 Å². The lowest BCUT2D eigenvalue weighted by Gasteiger charge is -2.18. The van der Waals surface area contributed by atoms with Gasteiger partial charge in [0.1, 0.15) is 0 Å². The number of carbonyl (C=O) groups excluding carboxylic acids is 1. The van der Waals surface area contributed by atoms with E-state index in [1.807, 2.05) is 20.8 Å². The summed E-state index contributed by atoms with van der Waals surface area (Å²) in [5, 5.41) is 11.5. The molecule has 14 heavy (non-hydrogen) atoms. The molecule has 0 aliphatic rings. The molecule has 4 nitrogen and oxygen atoms in total. The molecule has 0 bridgehead atoms. The van der Waals surface area contributed by atoms with E-state index in [1.165, 1.54) is 0 Å². The molecule has 0 heterocycles. The van der Waals surface area contributed by atoms with Crippen LogP contribution in [0.1, 0.15) is 20.8 Å². The van der Waals surface area contributed by atoms with E-state index in [0.29, 0.717) is 13.1 Å². The van der Waals surface area contributed by atoms with E-state index in [9.17, 15) is 4.79 Å². The number of nitriles is 1. The molecule has 1 N–H and O–H groups in total. The van der Waals surface area contributed by atoms with Gasteiger partial charge in [-0.3, -0.25) is 4.79 Å². The number of rotatable bonds is 6. The fourth-order valence-electron chi connectivity index (χ4n) is 1.13. The number of carbonyl (C=O) groups is 1. The van der Waals surface area contributed by atoms with Gasteiger partial charge in [-0.1, -0.05) is 0 Å². The average molecular weight is 197 g/mol. The zero-order valence-corrected chi connectivity index (χ0v) is 9.21. The largest absolute Gasteiger partial charge is 0.342 e. The molecule has 0 radical (unpaired) electrons. The van der Waals surface area contributed by atoms with Crippen LogP contribution in [0, 0.1) is 17.2 Å². The van der Waals surface area contributed by atoms with Crippen molar-refractivity contribution in [3.8, 4) is 6.07 Å². The number of hydrogen-bond acceptors (Lipinski definition) is 3. The third-order valence-electron chi connectivity index (χ3n) is 2.06. The third-order valence-corrected chi connectivity index (χ3v) is 2.06. The predicted octanol–water partition coefficient (Wildman–Crippen LogP) is 0.604. The summed E-state index contributed by atoms with van der Waals surface area (Å²) in [6.45, 7) is 8.13. The van der Waals surface area contributed by atoms with E-state index in [-0.39, 0.29) is 11.8 Å². The average Bonchev–Trinajstić information content (AvgIpc) is 2.19. The maximum atomic E-state index is 11.5. The number of nitrogens with one attached hydrogen (secondary N) is 1.